The third kappa shape index (κ3) is 3.45. The van der Waals surface area contributed by atoms with Crippen LogP contribution in [0.1, 0.15) is 31.9 Å². The molecule has 1 atom stereocenters. The molecule has 0 spiro atoms. The van der Waals surface area contributed by atoms with Gasteiger partial charge in [0, 0.05) is 6.42 Å². The monoisotopic (exact) mass is 293 g/mol. The average Bonchev–Trinajstić information content (AvgIpc) is 2.34. The Morgan fingerprint density at radius 1 is 1.29 bits per heavy atom. The molecule has 1 aliphatic rings. The van der Waals surface area contributed by atoms with Gasteiger partial charge in [0.05, 0.1) is 6.54 Å². The summed E-state index contributed by atoms with van der Waals surface area (Å²) in [5.41, 5.74) is 0.869. The number of carbonyl (C=O) groups excluding carboxylic acids is 1. The van der Waals surface area contributed by atoms with Crippen molar-refractivity contribution in [3.05, 3.63) is 29.3 Å². The van der Waals surface area contributed by atoms with E-state index >= 15 is 0 Å². The summed E-state index contributed by atoms with van der Waals surface area (Å²) in [6, 6.07) is 3.76. The first kappa shape index (κ1) is 15.2. The molecule has 21 heavy (non-hydrogen) atoms. The van der Waals surface area contributed by atoms with Crippen molar-refractivity contribution in [3.63, 3.8) is 0 Å². The molecular formula is C15H19NO5. The molecule has 0 saturated carbocycles. The predicted octanol–water partition coefficient (Wildman–Crippen LogP) is 2.14. The first-order valence-corrected chi connectivity index (χ1v) is 6.70. The van der Waals surface area contributed by atoms with Crippen LogP contribution in [-0.2, 0) is 22.5 Å². The summed E-state index contributed by atoms with van der Waals surface area (Å²) in [6.07, 6.45) is -0.494. The van der Waals surface area contributed by atoms with Crippen molar-refractivity contribution >= 4 is 12.1 Å². The molecule has 1 aliphatic heterocycles. The highest BCUT2D eigenvalue weighted by Gasteiger charge is 2.37. The number of aliphatic carboxylic acids is 1. The van der Waals surface area contributed by atoms with Gasteiger partial charge in [-0.05, 0) is 44.0 Å². The molecule has 2 rings (SSSR count). The van der Waals surface area contributed by atoms with Crippen LogP contribution in [0, 0.1) is 0 Å². The standard InChI is InChI=1S/C15H19NO5/c1-15(2,3)21-14(20)16-8-9-4-5-11(17)6-10(9)7-12(16)13(18)19/h4-6,12,17H,7-8H2,1-3H3,(H,18,19)/t12-/m1/s1. The number of carboxylic acids is 1. The Balaban J connectivity index is 2.30. The van der Waals surface area contributed by atoms with E-state index < -0.39 is 23.7 Å². The third-order valence-electron chi connectivity index (χ3n) is 3.23. The first-order valence-electron chi connectivity index (χ1n) is 6.70. The van der Waals surface area contributed by atoms with Gasteiger partial charge in [0.15, 0.2) is 0 Å². The Hall–Kier alpha value is -2.24. The summed E-state index contributed by atoms with van der Waals surface area (Å²) in [6.45, 7) is 5.35. The summed E-state index contributed by atoms with van der Waals surface area (Å²) in [5.74, 6) is -1.00. The van der Waals surface area contributed by atoms with Crippen molar-refractivity contribution in [2.75, 3.05) is 0 Å². The lowest BCUT2D eigenvalue weighted by atomic mass is 9.94. The maximum Gasteiger partial charge on any atom is 0.411 e. The SMILES string of the molecule is CC(C)(C)OC(=O)N1Cc2ccc(O)cc2C[C@@H]1C(=O)O. The molecule has 0 aliphatic carbocycles. The van der Waals surface area contributed by atoms with Gasteiger partial charge in [-0.15, -0.1) is 0 Å². The molecule has 1 aromatic rings. The lowest BCUT2D eigenvalue weighted by Gasteiger charge is -2.35. The molecule has 1 heterocycles. The minimum absolute atomic E-state index is 0.0867. The van der Waals surface area contributed by atoms with Crippen LogP contribution in [-0.4, -0.2) is 38.8 Å². The minimum atomic E-state index is -1.09. The van der Waals surface area contributed by atoms with Gasteiger partial charge in [0.2, 0.25) is 0 Å². The van der Waals surface area contributed by atoms with E-state index in [1.807, 2.05) is 0 Å². The van der Waals surface area contributed by atoms with Crippen LogP contribution in [0.5, 0.6) is 5.75 Å². The maximum absolute atomic E-state index is 12.2. The van der Waals surface area contributed by atoms with E-state index in [1.54, 1.807) is 26.8 Å². The smallest absolute Gasteiger partial charge is 0.411 e. The van der Waals surface area contributed by atoms with Gasteiger partial charge < -0.3 is 14.9 Å². The van der Waals surface area contributed by atoms with Crippen LogP contribution in [0.3, 0.4) is 0 Å². The van der Waals surface area contributed by atoms with Gasteiger partial charge in [-0.2, -0.15) is 0 Å². The number of carboxylic acid groups (broad SMARTS) is 1. The van der Waals surface area contributed by atoms with Gasteiger partial charge in [-0.25, -0.2) is 9.59 Å². The lowest BCUT2D eigenvalue weighted by Crippen LogP contribution is -2.50. The van der Waals surface area contributed by atoms with Crippen molar-refractivity contribution in [2.45, 2.75) is 45.4 Å². The Morgan fingerprint density at radius 2 is 1.95 bits per heavy atom. The summed E-state index contributed by atoms with van der Waals surface area (Å²) in [5, 5.41) is 18.8. The number of ether oxygens (including phenoxy) is 1. The van der Waals surface area contributed by atoms with Crippen molar-refractivity contribution in [2.24, 2.45) is 0 Å². The molecule has 114 valence electrons. The Bertz CT molecular complexity index is 576. The number of rotatable bonds is 1. The second-order valence-electron chi connectivity index (χ2n) is 6.12. The molecule has 0 saturated heterocycles. The van der Waals surface area contributed by atoms with Crippen molar-refractivity contribution in [1.82, 2.24) is 4.90 Å². The van der Waals surface area contributed by atoms with E-state index in [9.17, 15) is 19.8 Å². The molecule has 2 N–H and O–H groups in total. The second-order valence-corrected chi connectivity index (χ2v) is 6.12. The van der Waals surface area contributed by atoms with E-state index in [0.717, 1.165) is 11.1 Å². The zero-order chi connectivity index (χ0) is 15.8. The van der Waals surface area contributed by atoms with Crippen molar-refractivity contribution < 1.29 is 24.5 Å². The van der Waals surface area contributed by atoms with Gasteiger partial charge in [-0.1, -0.05) is 6.07 Å². The number of phenolic OH excluding ortho intramolecular Hbond substituents is 1. The quantitative estimate of drug-likeness (QED) is 0.828. The van der Waals surface area contributed by atoms with Crippen LogP contribution < -0.4 is 0 Å². The van der Waals surface area contributed by atoms with Crippen LogP contribution in [0.2, 0.25) is 0 Å². The lowest BCUT2D eigenvalue weighted by molar-refractivity contribution is -0.143. The number of carbonyl (C=O) groups is 2. The largest absolute Gasteiger partial charge is 0.508 e. The number of fused-ring (bicyclic) bond motifs is 1. The van der Waals surface area contributed by atoms with E-state index in [2.05, 4.69) is 0 Å². The number of hydrogen-bond acceptors (Lipinski definition) is 4. The zero-order valence-corrected chi connectivity index (χ0v) is 12.3. The van der Waals surface area contributed by atoms with Gasteiger partial charge in [-0.3, -0.25) is 4.90 Å². The Labute approximate surface area is 122 Å². The van der Waals surface area contributed by atoms with E-state index in [1.165, 1.54) is 17.0 Å². The minimum Gasteiger partial charge on any atom is -0.508 e. The number of benzene rings is 1. The molecule has 0 aromatic heterocycles. The summed E-state index contributed by atoms with van der Waals surface area (Å²) >= 11 is 0. The number of aromatic hydroxyl groups is 1. The zero-order valence-electron chi connectivity index (χ0n) is 12.3. The fourth-order valence-corrected chi connectivity index (χ4v) is 2.30. The fraction of sp³-hybridized carbons (Fsp3) is 0.467. The topological polar surface area (TPSA) is 87.1 Å². The number of nitrogens with zero attached hydrogens (tertiary/aromatic N) is 1. The number of amides is 1. The van der Waals surface area contributed by atoms with Crippen molar-refractivity contribution in [3.8, 4) is 5.75 Å². The highest BCUT2D eigenvalue weighted by molar-refractivity contribution is 5.81. The molecule has 1 amide bonds. The molecule has 0 radical (unpaired) electrons. The third-order valence-corrected chi connectivity index (χ3v) is 3.23. The summed E-state index contributed by atoms with van der Waals surface area (Å²) in [4.78, 5) is 24.8. The molecule has 0 fully saturated rings. The van der Waals surface area contributed by atoms with Gasteiger partial charge in [0.25, 0.3) is 0 Å². The van der Waals surface area contributed by atoms with Gasteiger partial charge >= 0.3 is 12.1 Å². The Kier molecular flexibility index (Phi) is 3.80. The second kappa shape index (κ2) is 5.27. The van der Waals surface area contributed by atoms with E-state index in [-0.39, 0.29) is 18.7 Å². The molecule has 0 bridgehead atoms. The first-order chi connectivity index (χ1) is 9.67. The van der Waals surface area contributed by atoms with Crippen molar-refractivity contribution in [1.29, 1.82) is 0 Å². The van der Waals surface area contributed by atoms with Crippen LogP contribution >= 0.6 is 0 Å². The Morgan fingerprint density at radius 3 is 2.52 bits per heavy atom. The fourth-order valence-electron chi connectivity index (χ4n) is 2.30. The van der Waals surface area contributed by atoms with E-state index in [0.29, 0.717) is 0 Å². The molecular weight excluding hydrogens is 274 g/mol. The highest BCUT2D eigenvalue weighted by Crippen LogP contribution is 2.28. The predicted molar refractivity (Wildman–Crippen MR) is 75.0 cm³/mol. The van der Waals surface area contributed by atoms with Crippen LogP contribution in [0.15, 0.2) is 18.2 Å². The van der Waals surface area contributed by atoms with Crippen LogP contribution in [0.25, 0.3) is 0 Å². The average molecular weight is 293 g/mol. The maximum atomic E-state index is 12.2. The number of phenols is 1. The van der Waals surface area contributed by atoms with E-state index in [4.69, 9.17) is 4.74 Å². The molecule has 1 aromatic carbocycles. The summed E-state index contributed by atoms with van der Waals surface area (Å²) < 4.78 is 5.27. The molecule has 6 heteroatoms. The number of hydrogen-bond donors (Lipinski definition) is 2. The highest BCUT2D eigenvalue weighted by atomic mass is 16.6. The summed E-state index contributed by atoms with van der Waals surface area (Å²) in [7, 11) is 0. The normalized spacial score (nSPS) is 18.0. The molecule has 0 unspecified atom stereocenters. The molecule has 6 nitrogen and oxygen atoms in total. The van der Waals surface area contributed by atoms with Gasteiger partial charge in [0.1, 0.15) is 17.4 Å². The van der Waals surface area contributed by atoms with Crippen LogP contribution in [0.4, 0.5) is 4.79 Å².